The van der Waals surface area contributed by atoms with Crippen molar-refractivity contribution in [1.82, 2.24) is 9.97 Å². The third-order valence-electron chi connectivity index (χ3n) is 6.11. The van der Waals surface area contributed by atoms with Crippen molar-refractivity contribution in [3.63, 3.8) is 0 Å². The average Bonchev–Trinajstić information content (AvgIpc) is 3.20. The molecule has 2 heterocycles. The first-order chi connectivity index (χ1) is 15.9. The summed E-state index contributed by atoms with van der Waals surface area (Å²) in [4.78, 5) is 21.0. The topological polar surface area (TPSA) is 65.2 Å². The van der Waals surface area contributed by atoms with Gasteiger partial charge in [-0.15, -0.1) is 0 Å². The highest BCUT2D eigenvalue weighted by atomic mass is 35.5. The Morgan fingerprint density at radius 1 is 1.24 bits per heavy atom. The van der Waals surface area contributed by atoms with E-state index >= 15 is 0 Å². The number of halogens is 1. The van der Waals surface area contributed by atoms with Crippen LogP contribution in [-0.4, -0.2) is 15.8 Å². The summed E-state index contributed by atoms with van der Waals surface area (Å²) in [5.74, 6) is 0.825. The Balaban J connectivity index is 1.47. The molecule has 4 aromatic rings. The number of hydrogen-bond donors (Lipinski definition) is 0. The van der Waals surface area contributed by atoms with Gasteiger partial charge in [0.1, 0.15) is 11.3 Å². The highest BCUT2D eigenvalue weighted by Crippen LogP contribution is 2.38. The van der Waals surface area contributed by atoms with Crippen molar-refractivity contribution in [3.05, 3.63) is 87.7 Å². The largest absolute Gasteiger partial charge is 0.411 e. The van der Waals surface area contributed by atoms with Crippen LogP contribution in [0.15, 0.2) is 59.3 Å². The molecule has 1 atom stereocenters. The number of nitrogens with zero attached hydrogens (tertiary/aromatic N) is 2. The molecule has 0 N–H and O–H groups in total. The van der Waals surface area contributed by atoms with Gasteiger partial charge in [0.15, 0.2) is 11.4 Å². The third-order valence-corrected chi connectivity index (χ3v) is 6.42. The third kappa shape index (κ3) is 4.05. The molecule has 166 valence electrons. The summed E-state index contributed by atoms with van der Waals surface area (Å²) in [6.07, 6.45) is 7.32. The van der Waals surface area contributed by atoms with E-state index in [4.69, 9.17) is 20.8 Å². The molecule has 33 heavy (non-hydrogen) atoms. The standard InChI is InChI=1S/C27H23ClN2O3/c1-4-25(31)20-11-19(6-5-15(20)2)32-27-30-24-12-21(23(28)13-26(24)33-27)18-9-16(3)22-14-29-8-7-17(22)10-18/h5-9,11-14,16H,4,10H2,1-3H3. The lowest BCUT2D eigenvalue weighted by molar-refractivity contribution is 0.0987. The van der Waals surface area contributed by atoms with Crippen molar-refractivity contribution >= 4 is 34.1 Å². The molecule has 5 nitrogen and oxygen atoms in total. The zero-order chi connectivity index (χ0) is 23.1. The maximum atomic E-state index is 12.2. The number of carbonyl (C=O) groups is 1. The second-order valence-electron chi connectivity index (χ2n) is 8.37. The zero-order valence-corrected chi connectivity index (χ0v) is 19.4. The average molecular weight is 459 g/mol. The van der Waals surface area contributed by atoms with E-state index in [2.05, 4.69) is 29.0 Å². The van der Waals surface area contributed by atoms with Crippen LogP contribution in [0.2, 0.25) is 5.02 Å². The number of ether oxygens (including phenoxy) is 1. The Morgan fingerprint density at radius 2 is 2.09 bits per heavy atom. The number of Topliss-reactive ketones (excluding diaryl/α,β-unsaturated/α-hetero) is 1. The fraction of sp³-hybridized carbons (Fsp3) is 0.222. The van der Waals surface area contributed by atoms with E-state index in [1.165, 1.54) is 11.1 Å². The summed E-state index contributed by atoms with van der Waals surface area (Å²) in [6.45, 7) is 5.91. The molecule has 6 heteroatoms. The molecule has 0 aliphatic heterocycles. The quantitative estimate of drug-likeness (QED) is 0.293. The van der Waals surface area contributed by atoms with Crippen LogP contribution in [0.1, 0.15) is 58.8 Å². The van der Waals surface area contributed by atoms with Crippen molar-refractivity contribution in [3.8, 4) is 11.8 Å². The van der Waals surface area contributed by atoms with Gasteiger partial charge in [0.05, 0.1) is 5.02 Å². The van der Waals surface area contributed by atoms with Gasteiger partial charge in [-0.3, -0.25) is 9.78 Å². The Morgan fingerprint density at radius 3 is 2.91 bits per heavy atom. The number of aryl methyl sites for hydroxylation is 1. The van der Waals surface area contributed by atoms with Crippen LogP contribution in [0.25, 0.3) is 16.7 Å². The molecule has 0 fully saturated rings. The minimum atomic E-state index is 0.0688. The molecule has 0 saturated carbocycles. The van der Waals surface area contributed by atoms with Gasteiger partial charge in [0, 0.05) is 36.4 Å². The number of aromatic nitrogens is 2. The lowest BCUT2D eigenvalue weighted by atomic mass is 9.83. The number of pyridine rings is 1. The van der Waals surface area contributed by atoms with Crippen molar-refractivity contribution in [1.29, 1.82) is 0 Å². The van der Waals surface area contributed by atoms with Gasteiger partial charge >= 0.3 is 6.08 Å². The number of rotatable bonds is 5. The highest BCUT2D eigenvalue weighted by Gasteiger charge is 2.21. The maximum absolute atomic E-state index is 12.2. The minimum Gasteiger partial charge on any atom is -0.411 e. The van der Waals surface area contributed by atoms with E-state index in [0.29, 0.717) is 33.9 Å². The van der Waals surface area contributed by atoms with Gasteiger partial charge in [-0.2, -0.15) is 4.98 Å². The second kappa shape index (κ2) is 8.49. The van der Waals surface area contributed by atoms with Gasteiger partial charge in [-0.1, -0.05) is 37.6 Å². The molecule has 1 aliphatic rings. The van der Waals surface area contributed by atoms with E-state index in [-0.39, 0.29) is 17.8 Å². The summed E-state index contributed by atoms with van der Waals surface area (Å²) >= 11 is 6.65. The lowest BCUT2D eigenvalue weighted by Crippen LogP contribution is -2.07. The van der Waals surface area contributed by atoms with Crippen molar-refractivity contribution in [2.45, 2.75) is 39.5 Å². The van der Waals surface area contributed by atoms with Crippen molar-refractivity contribution < 1.29 is 13.9 Å². The number of benzene rings is 2. The summed E-state index contributed by atoms with van der Waals surface area (Å²) in [5, 5.41) is 0.604. The van der Waals surface area contributed by atoms with Gasteiger partial charge in [0.25, 0.3) is 0 Å². The van der Waals surface area contributed by atoms with Gasteiger partial charge < -0.3 is 9.15 Å². The first-order valence-electron chi connectivity index (χ1n) is 11.0. The van der Waals surface area contributed by atoms with Crippen molar-refractivity contribution in [2.75, 3.05) is 0 Å². The molecular weight excluding hydrogens is 436 g/mol. The van der Waals surface area contributed by atoms with Gasteiger partial charge in [0.2, 0.25) is 0 Å². The van der Waals surface area contributed by atoms with E-state index in [0.717, 1.165) is 23.1 Å². The summed E-state index contributed by atoms with van der Waals surface area (Å²) < 4.78 is 11.6. The monoisotopic (exact) mass is 458 g/mol. The van der Waals surface area contributed by atoms with Gasteiger partial charge in [-0.05, 0) is 65.4 Å². The molecule has 1 aliphatic carbocycles. The number of ketones is 1. The van der Waals surface area contributed by atoms with Crippen LogP contribution in [0.3, 0.4) is 0 Å². The molecule has 0 radical (unpaired) electrons. The number of allylic oxidation sites excluding steroid dienone is 2. The van der Waals surface area contributed by atoms with E-state index in [1.54, 1.807) is 18.2 Å². The molecule has 1 unspecified atom stereocenters. The Kier molecular flexibility index (Phi) is 5.51. The number of hydrogen-bond acceptors (Lipinski definition) is 5. The molecule has 0 amide bonds. The smallest absolute Gasteiger partial charge is 0.400 e. The van der Waals surface area contributed by atoms with Crippen LogP contribution in [0, 0.1) is 6.92 Å². The van der Waals surface area contributed by atoms with E-state index < -0.39 is 0 Å². The molecule has 2 aromatic heterocycles. The zero-order valence-electron chi connectivity index (χ0n) is 18.7. The van der Waals surface area contributed by atoms with Crippen LogP contribution < -0.4 is 4.74 Å². The fourth-order valence-corrected chi connectivity index (χ4v) is 4.60. The molecular formula is C27H23ClN2O3. The summed E-state index contributed by atoms with van der Waals surface area (Å²) in [7, 11) is 0. The molecule has 2 aromatic carbocycles. The normalized spacial score (nSPS) is 15.3. The van der Waals surface area contributed by atoms with Crippen LogP contribution in [-0.2, 0) is 6.42 Å². The summed E-state index contributed by atoms with van der Waals surface area (Å²) in [5.41, 5.74) is 7.35. The first kappa shape index (κ1) is 21.4. The predicted molar refractivity (Wildman–Crippen MR) is 129 cm³/mol. The summed E-state index contributed by atoms with van der Waals surface area (Å²) in [6, 6.07) is 11.2. The lowest BCUT2D eigenvalue weighted by Gasteiger charge is -2.22. The van der Waals surface area contributed by atoms with Gasteiger partial charge in [-0.25, -0.2) is 0 Å². The second-order valence-corrected chi connectivity index (χ2v) is 8.77. The Hall–Kier alpha value is -3.44. The highest BCUT2D eigenvalue weighted by molar-refractivity contribution is 6.33. The SMILES string of the molecule is CCC(=O)c1cc(Oc2nc3cc(C4=CC(C)c5cnccc5C4)c(Cl)cc3o2)ccc1C. The number of fused-ring (bicyclic) bond motifs is 2. The van der Waals surface area contributed by atoms with Crippen LogP contribution in [0.4, 0.5) is 0 Å². The fourth-order valence-electron chi connectivity index (χ4n) is 4.32. The molecule has 0 spiro atoms. The number of carbonyl (C=O) groups excluding carboxylic acids is 1. The first-order valence-corrected chi connectivity index (χ1v) is 11.4. The van der Waals surface area contributed by atoms with Crippen LogP contribution in [0.5, 0.6) is 11.8 Å². The van der Waals surface area contributed by atoms with Crippen LogP contribution >= 0.6 is 11.6 Å². The molecule has 0 saturated heterocycles. The Labute approximate surface area is 197 Å². The predicted octanol–water partition coefficient (Wildman–Crippen LogP) is 7.31. The van der Waals surface area contributed by atoms with Crippen molar-refractivity contribution in [2.24, 2.45) is 0 Å². The van der Waals surface area contributed by atoms with E-state index in [1.807, 2.05) is 38.4 Å². The molecule has 5 rings (SSSR count). The molecule has 0 bridgehead atoms. The maximum Gasteiger partial charge on any atom is 0.400 e. The number of oxazole rings is 1. The van der Waals surface area contributed by atoms with E-state index in [9.17, 15) is 4.79 Å². The Bertz CT molecular complexity index is 1420. The minimum absolute atomic E-state index is 0.0688.